The van der Waals surface area contributed by atoms with Crippen LogP contribution in [0.1, 0.15) is 31.4 Å². The summed E-state index contributed by atoms with van der Waals surface area (Å²) >= 11 is 0. The molecule has 0 radical (unpaired) electrons. The third-order valence-electron chi connectivity index (χ3n) is 3.60. The highest BCUT2D eigenvalue weighted by atomic mass is 15.3. The zero-order valence-corrected chi connectivity index (χ0v) is 14.4. The number of benzene rings is 1. The van der Waals surface area contributed by atoms with Crippen LogP contribution in [0.4, 0.5) is 23.5 Å². The Kier molecular flexibility index (Phi) is 4.73. The van der Waals surface area contributed by atoms with E-state index < -0.39 is 0 Å². The van der Waals surface area contributed by atoms with Gasteiger partial charge in [0.1, 0.15) is 5.82 Å². The number of rotatable bonds is 6. The fraction of sp³-hybridized carbons (Fsp3) is 0.312. The third-order valence-corrected chi connectivity index (χ3v) is 3.60. The first-order valence-electron chi connectivity index (χ1n) is 7.98. The van der Waals surface area contributed by atoms with Crippen LogP contribution in [-0.4, -0.2) is 29.7 Å². The van der Waals surface area contributed by atoms with Crippen LogP contribution in [-0.2, 0) is 13.6 Å². The van der Waals surface area contributed by atoms with Crippen LogP contribution >= 0.6 is 0 Å². The van der Waals surface area contributed by atoms with E-state index in [0.29, 0.717) is 24.4 Å². The van der Waals surface area contributed by atoms with Crippen molar-refractivity contribution >= 4 is 23.5 Å². The Bertz CT molecular complexity index is 842. The van der Waals surface area contributed by atoms with Crippen molar-refractivity contribution in [3.05, 3.63) is 42.0 Å². The van der Waals surface area contributed by atoms with E-state index in [2.05, 4.69) is 49.6 Å². The van der Waals surface area contributed by atoms with Crippen molar-refractivity contribution in [1.82, 2.24) is 29.7 Å². The SMILES string of the molecule is CC(C)c1nnc(CNc2nc(N)nc(Nc3ccccc3)n2)n1C. The molecule has 0 amide bonds. The van der Waals surface area contributed by atoms with Crippen LogP contribution in [0.15, 0.2) is 30.3 Å². The Hall–Kier alpha value is -3.23. The van der Waals surface area contributed by atoms with Gasteiger partial charge < -0.3 is 20.9 Å². The molecule has 4 N–H and O–H groups in total. The van der Waals surface area contributed by atoms with Crippen molar-refractivity contribution in [2.24, 2.45) is 7.05 Å². The Morgan fingerprint density at radius 2 is 1.76 bits per heavy atom. The Labute approximate surface area is 145 Å². The molecule has 0 spiro atoms. The van der Waals surface area contributed by atoms with E-state index in [0.717, 1.165) is 17.3 Å². The summed E-state index contributed by atoms with van der Waals surface area (Å²) in [5.41, 5.74) is 6.65. The number of nitrogens with zero attached hydrogens (tertiary/aromatic N) is 6. The molecular formula is C16H21N9. The van der Waals surface area contributed by atoms with Gasteiger partial charge in [0.2, 0.25) is 17.8 Å². The zero-order valence-electron chi connectivity index (χ0n) is 14.4. The van der Waals surface area contributed by atoms with Gasteiger partial charge in [0.05, 0.1) is 6.54 Å². The summed E-state index contributed by atoms with van der Waals surface area (Å²) in [5, 5.41) is 14.6. The van der Waals surface area contributed by atoms with Crippen molar-refractivity contribution in [2.45, 2.75) is 26.3 Å². The highest BCUT2D eigenvalue weighted by molar-refractivity contribution is 5.54. The molecule has 0 aliphatic carbocycles. The number of hydrogen-bond donors (Lipinski definition) is 3. The fourth-order valence-corrected chi connectivity index (χ4v) is 2.37. The second-order valence-electron chi connectivity index (χ2n) is 5.87. The van der Waals surface area contributed by atoms with Gasteiger partial charge in [-0.15, -0.1) is 10.2 Å². The normalized spacial score (nSPS) is 10.9. The summed E-state index contributed by atoms with van der Waals surface area (Å²) in [7, 11) is 1.94. The van der Waals surface area contributed by atoms with Crippen LogP contribution in [0, 0.1) is 0 Å². The molecule has 9 nitrogen and oxygen atoms in total. The van der Waals surface area contributed by atoms with Gasteiger partial charge in [-0.1, -0.05) is 32.0 Å². The molecular weight excluding hydrogens is 318 g/mol. The summed E-state index contributed by atoms with van der Waals surface area (Å²) in [6.07, 6.45) is 0. The van der Waals surface area contributed by atoms with E-state index in [1.54, 1.807) is 0 Å². The third kappa shape index (κ3) is 4.00. The van der Waals surface area contributed by atoms with Gasteiger partial charge in [-0.2, -0.15) is 15.0 Å². The second kappa shape index (κ2) is 7.12. The monoisotopic (exact) mass is 339 g/mol. The van der Waals surface area contributed by atoms with Gasteiger partial charge >= 0.3 is 0 Å². The zero-order chi connectivity index (χ0) is 17.8. The molecule has 0 bridgehead atoms. The molecule has 9 heteroatoms. The van der Waals surface area contributed by atoms with Crippen molar-refractivity contribution in [2.75, 3.05) is 16.4 Å². The van der Waals surface area contributed by atoms with Gasteiger partial charge in [0.15, 0.2) is 5.82 Å². The number of nitrogens with two attached hydrogens (primary N) is 1. The molecule has 0 saturated heterocycles. The van der Waals surface area contributed by atoms with Gasteiger partial charge in [-0.25, -0.2) is 0 Å². The molecule has 2 heterocycles. The average Bonchev–Trinajstić information content (AvgIpc) is 2.94. The van der Waals surface area contributed by atoms with Gasteiger partial charge in [0, 0.05) is 18.7 Å². The summed E-state index contributed by atoms with van der Waals surface area (Å²) < 4.78 is 1.96. The Balaban J connectivity index is 1.72. The molecule has 0 saturated carbocycles. The lowest BCUT2D eigenvalue weighted by molar-refractivity contribution is 0.692. The highest BCUT2D eigenvalue weighted by Gasteiger charge is 2.12. The van der Waals surface area contributed by atoms with Crippen LogP contribution in [0.3, 0.4) is 0 Å². The molecule has 3 aromatic rings. The number of nitrogen functional groups attached to an aromatic ring is 1. The topological polar surface area (TPSA) is 119 Å². The van der Waals surface area contributed by atoms with E-state index in [1.807, 2.05) is 41.9 Å². The van der Waals surface area contributed by atoms with Gasteiger partial charge in [-0.3, -0.25) is 0 Å². The highest BCUT2D eigenvalue weighted by Crippen LogP contribution is 2.15. The number of aromatic nitrogens is 6. The summed E-state index contributed by atoms with van der Waals surface area (Å²) in [6.45, 7) is 4.59. The van der Waals surface area contributed by atoms with Crippen LogP contribution < -0.4 is 16.4 Å². The van der Waals surface area contributed by atoms with Gasteiger partial charge in [-0.05, 0) is 12.1 Å². The van der Waals surface area contributed by atoms with Crippen molar-refractivity contribution in [1.29, 1.82) is 0 Å². The quantitative estimate of drug-likeness (QED) is 0.624. The molecule has 2 aromatic heterocycles. The predicted octanol–water partition coefficient (Wildman–Crippen LogP) is 2.06. The van der Waals surface area contributed by atoms with Gasteiger partial charge in [0.25, 0.3) is 0 Å². The lowest BCUT2D eigenvalue weighted by Crippen LogP contribution is -2.12. The predicted molar refractivity (Wildman–Crippen MR) is 96.4 cm³/mol. The van der Waals surface area contributed by atoms with E-state index in [9.17, 15) is 0 Å². The van der Waals surface area contributed by atoms with E-state index in [4.69, 9.17) is 5.73 Å². The first kappa shape index (κ1) is 16.6. The minimum atomic E-state index is 0.136. The van der Waals surface area contributed by atoms with Crippen molar-refractivity contribution in [3.8, 4) is 0 Å². The molecule has 25 heavy (non-hydrogen) atoms. The maximum atomic E-state index is 5.78. The van der Waals surface area contributed by atoms with Crippen LogP contribution in [0.5, 0.6) is 0 Å². The molecule has 0 fully saturated rings. The first-order valence-corrected chi connectivity index (χ1v) is 7.98. The van der Waals surface area contributed by atoms with Crippen LogP contribution in [0.25, 0.3) is 0 Å². The number of nitrogens with one attached hydrogen (secondary N) is 2. The van der Waals surface area contributed by atoms with Crippen molar-refractivity contribution < 1.29 is 0 Å². The minimum absolute atomic E-state index is 0.136. The fourth-order valence-electron chi connectivity index (χ4n) is 2.37. The molecule has 0 aliphatic rings. The van der Waals surface area contributed by atoms with Crippen LogP contribution in [0.2, 0.25) is 0 Å². The number of anilines is 4. The molecule has 1 aromatic carbocycles. The molecule has 130 valence electrons. The average molecular weight is 339 g/mol. The van der Waals surface area contributed by atoms with E-state index in [-0.39, 0.29) is 5.95 Å². The molecule has 0 atom stereocenters. The standard InChI is InChI=1S/C16H21N9/c1-10(2)13-24-23-12(25(13)3)9-18-15-20-14(17)21-16(22-15)19-11-7-5-4-6-8-11/h4-8,10H,9H2,1-3H3,(H4,17,18,19,20,21,22). The summed E-state index contributed by atoms with van der Waals surface area (Å²) in [6, 6.07) is 9.62. The van der Waals surface area contributed by atoms with E-state index in [1.165, 1.54) is 0 Å². The summed E-state index contributed by atoms with van der Waals surface area (Å²) in [5.74, 6) is 2.92. The van der Waals surface area contributed by atoms with Crippen molar-refractivity contribution in [3.63, 3.8) is 0 Å². The smallest absolute Gasteiger partial charge is 0.233 e. The molecule has 3 rings (SSSR count). The number of para-hydroxylation sites is 1. The molecule has 0 aliphatic heterocycles. The lowest BCUT2D eigenvalue weighted by Gasteiger charge is -2.09. The first-order chi connectivity index (χ1) is 12.0. The Morgan fingerprint density at radius 1 is 1.04 bits per heavy atom. The summed E-state index contributed by atoms with van der Waals surface area (Å²) in [4.78, 5) is 12.5. The number of hydrogen-bond acceptors (Lipinski definition) is 8. The molecule has 0 unspecified atom stereocenters. The maximum absolute atomic E-state index is 5.78. The minimum Gasteiger partial charge on any atom is -0.368 e. The lowest BCUT2D eigenvalue weighted by atomic mass is 10.2. The second-order valence-corrected chi connectivity index (χ2v) is 5.87. The Morgan fingerprint density at radius 3 is 2.44 bits per heavy atom. The largest absolute Gasteiger partial charge is 0.368 e. The maximum Gasteiger partial charge on any atom is 0.233 e. The van der Waals surface area contributed by atoms with E-state index >= 15 is 0 Å².